The lowest BCUT2D eigenvalue weighted by Crippen LogP contribution is -1.91. The van der Waals surface area contributed by atoms with Crippen molar-refractivity contribution in [1.82, 2.24) is 4.98 Å². The van der Waals surface area contributed by atoms with Crippen LogP contribution < -0.4 is 0 Å². The first-order valence-corrected chi connectivity index (χ1v) is 5.17. The van der Waals surface area contributed by atoms with Gasteiger partial charge in [-0.05, 0) is 13.3 Å². The molecule has 0 aromatic carbocycles. The zero-order chi connectivity index (χ0) is 9.68. The molecule has 1 aromatic heterocycles. The van der Waals surface area contributed by atoms with E-state index in [9.17, 15) is 5.11 Å². The van der Waals surface area contributed by atoms with Gasteiger partial charge in [-0.3, -0.25) is 0 Å². The second kappa shape index (κ2) is 5.32. The van der Waals surface area contributed by atoms with Gasteiger partial charge in [-0.1, -0.05) is 0 Å². The molecule has 4 heteroatoms. The molecule has 1 heterocycles. The summed E-state index contributed by atoms with van der Waals surface area (Å²) in [5, 5.41) is 10.3. The van der Waals surface area contributed by atoms with Crippen LogP contribution in [0.5, 0.6) is 0 Å². The minimum absolute atomic E-state index is 0.395. The van der Waals surface area contributed by atoms with Crippen molar-refractivity contribution in [3.63, 3.8) is 0 Å². The number of ether oxygens (including phenoxy) is 1. The third kappa shape index (κ3) is 3.42. The zero-order valence-electron chi connectivity index (χ0n) is 7.99. The summed E-state index contributed by atoms with van der Waals surface area (Å²) < 4.78 is 4.95. The number of aliphatic hydroxyl groups is 1. The SMILES string of the molecule is COCCCc1ncc(C(C)O)s1. The molecule has 13 heavy (non-hydrogen) atoms. The number of thiazole rings is 1. The van der Waals surface area contributed by atoms with E-state index in [-0.39, 0.29) is 0 Å². The number of hydrogen-bond donors (Lipinski definition) is 1. The minimum Gasteiger partial charge on any atom is -0.388 e. The van der Waals surface area contributed by atoms with Crippen LogP contribution >= 0.6 is 11.3 Å². The molecule has 0 radical (unpaired) electrons. The van der Waals surface area contributed by atoms with Crippen LogP contribution in [0.3, 0.4) is 0 Å². The summed E-state index contributed by atoms with van der Waals surface area (Å²) in [5.74, 6) is 0. The molecule has 0 saturated heterocycles. The van der Waals surface area contributed by atoms with E-state index in [1.165, 1.54) is 0 Å². The smallest absolute Gasteiger partial charge is 0.0929 e. The first-order chi connectivity index (χ1) is 6.24. The number of aliphatic hydroxyl groups excluding tert-OH is 1. The lowest BCUT2D eigenvalue weighted by atomic mass is 10.3. The molecule has 0 fully saturated rings. The summed E-state index contributed by atoms with van der Waals surface area (Å²) >= 11 is 1.57. The molecular formula is C9H15NO2S. The molecule has 74 valence electrons. The third-order valence-corrected chi connectivity index (χ3v) is 2.95. The standard InChI is InChI=1S/C9H15NO2S/c1-7(11)8-6-10-9(13-8)4-3-5-12-2/h6-7,11H,3-5H2,1-2H3. The molecule has 1 rings (SSSR count). The predicted octanol–water partition coefficient (Wildman–Crippen LogP) is 1.78. The molecule has 0 aliphatic rings. The van der Waals surface area contributed by atoms with Gasteiger partial charge in [0.25, 0.3) is 0 Å². The van der Waals surface area contributed by atoms with Gasteiger partial charge in [0.05, 0.1) is 16.0 Å². The van der Waals surface area contributed by atoms with Crippen LogP contribution in [0.2, 0.25) is 0 Å². The quantitative estimate of drug-likeness (QED) is 0.738. The fourth-order valence-corrected chi connectivity index (χ4v) is 1.90. The molecule has 0 aliphatic carbocycles. The molecule has 0 spiro atoms. The van der Waals surface area contributed by atoms with Gasteiger partial charge in [0.2, 0.25) is 0 Å². The molecule has 1 aromatic rings. The van der Waals surface area contributed by atoms with Crippen molar-refractivity contribution in [2.45, 2.75) is 25.9 Å². The fourth-order valence-electron chi connectivity index (χ4n) is 1.00. The van der Waals surface area contributed by atoms with Crippen LogP contribution in [0.1, 0.15) is 29.3 Å². The van der Waals surface area contributed by atoms with Gasteiger partial charge < -0.3 is 9.84 Å². The van der Waals surface area contributed by atoms with Crippen molar-refractivity contribution in [3.05, 3.63) is 16.1 Å². The Labute approximate surface area is 82.4 Å². The monoisotopic (exact) mass is 201 g/mol. The van der Waals surface area contributed by atoms with Crippen LogP contribution in [0.15, 0.2) is 6.20 Å². The second-order valence-electron chi connectivity index (χ2n) is 2.93. The van der Waals surface area contributed by atoms with Crippen molar-refractivity contribution >= 4 is 11.3 Å². The summed E-state index contributed by atoms with van der Waals surface area (Å²) in [6.45, 7) is 2.52. The van der Waals surface area contributed by atoms with Crippen molar-refractivity contribution in [2.75, 3.05) is 13.7 Å². The van der Waals surface area contributed by atoms with E-state index >= 15 is 0 Å². The largest absolute Gasteiger partial charge is 0.388 e. The summed E-state index contributed by atoms with van der Waals surface area (Å²) in [6.07, 6.45) is 3.28. The molecule has 0 bridgehead atoms. The Hall–Kier alpha value is -0.450. The van der Waals surface area contributed by atoms with Crippen LogP contribution in [0.4, 0.5) is 0 Å². The highest BCUT2D eigenvalue weighted by atomic mass is 32.1. The van der Waals surface area contributed by atoms with Crippen molar-refractivity contribution in [3.8, 4) is 0 Å². The van der Waals surface area contributed by atoms with E-state index in [0.29, 0.717) is 0 Å². The van der Waals surface area contributed by atoms with Crippen molar-refractivity contribution in [2.24, 2.45) is 0 Å². The second-order valence-corrected chi connectivity index (χ2v) is 4.08. The number of hydrogen-bond acceptors (Lipinski definition) is 4. The Morgan fingerprint density at radius 1 is 1.69 bits per heavy atom. The molecule has 0 saturated carbocycles. The van der Waals surface area contributed by atoms with Crippen LogP contribution in [0.25, 0.3) is 0 Å². The molecule has 1 N–H and O–H groups in total. The van der Waals surface area contributed by atoms with E-state index in [2.05, 4.69) is 4.98 Å². The Morgan fingerprint density at radius 3 is 3.00 bits per heavy atom. The fraction of sp³-hybridized carbons (Fsp3) is 0.667. The highest BCUT2D eigenvalue weighted by Crippen LogP contribution is 2.20. The number of aryl methyl sites for hydroxylation is 1. The minimum atomic E-state index is -0.395. The van der Waals surface area contributed by atoms with Crippen LogP contribution in [0, 0.1) is 0 Å². The van der Waals surface area contributed by atoms with E-state index in [4.69, 9.17) is 4.74 Å². The topological polar surface area (TPSA) is 42.4 Å². The van der Waals surface area contributed by atoms with Gasteiger partial charge in [-0.2, -0.15) is 0 Å². The van der Waals surface area contributed by atoms with Crippen molar-refractivity contribution < 1.29 is 9.84 Å². The Kier molecular flexibility index (Phi) is 4.35. The summed E-state index contributed by atoms with van der Waals surface area (Å²) in [5.41, 5.74) is 0. The normalized spacial score (nSPS) is 13.2. The molecule has 0 aliphatic heterocycles. The zero-order valence-corrected chi connectivity index (χ0v) is 8.80. The summed E-state index contributed by atoms with van der Waals surface area (Å²) in [7, 11) is 1.70. The average Bonchev–Trinajstić information content (AvgIpc) is 2.53. The molecular weight excluding hydrogens is 186 g/mol. The summed E-state index contributed by atoms with van der Waals surface area (Å²) in [4.78, 5) is 5.15. The number of aromatic nitrogens is 1. The Bertz CT molecular complexity index is 248. The lowest BCUT2D eigenvalue weighted by molar-refractivity contribution is 0.195. The van der Waals surface area contributed by atoms with Crippen LogP contribution in [-0.4, -0.2) is 23.8 Å². The average molecular weight is 201 g/mol. The third-order valence-electron chi connectivity index (χ3n) is 1.72. The van der Waals surface area contributed by atoms with Gasteiger partial charge >= 0.3 is 0 Å². The highest BCUT2D eigenvalue weighted by molar-refractivity contribution is 7.11. The van der Waals surface area contributed by atoms with E-state index in [1.54, 1.807) is 31.6 Å². The van der Waals surface area contributed by atoms with Crippen molar-refractivity contribution in [1.29, 1.82) is 0 Å². The molecule has 3 nitrogen and oxygen atoms in total. The molecule has 0 amide bonds. The predicted molar refractivity (Wildman–Crippen MR) is 52.9 cm³/mol. The Balaban J connectivity index is 2.40. The summed E-state index contributed by atoms with van der Waals surface area (Å²) in [6, 6.07) is 0. The maximum absolute atomic E-state index is 9.25. The number of rotatable bonds is 5. The van der Waals surface area contributed by atoms with Gasteiger partial charge in [0, 0.05) is 26.3 Å². The first-order valence-electron chi connectivity index (χ1n) is 4.35. The van der Waals surface area contributed by atoms with Gasteiger partial charge in [0.1, 0.15) is 0 Å². The first kappa shape index (κ1) is 10.6. The van der Waals surface area contributed by atoms with Crippen LogP contribution in [-0.2, 0) is 11.2 Å². The highest BCUT2D eigenvalue weighted by Gasteiger charge is 2.05. The molecule has 1 atom stereocenters. The number of methoxy groups -OCH3 is 1. The maximum Gasteiger partial charge on any atom is 0.0929 e. The van der Waals surface area contributed by atoms with Gasteiger partial charge in [-0.25, -0.2) is 4.98 Å². The van der Waals surface area contributed by atoms with E-state index < -0.39 is 6.10 Å². The van der Waals surface area contributed by atoms with E-state index in [1.807, 2.05) is 0 Å². The lowest BCUT2D eigenvalue weighted by Gasteiger charge is -1.96. The van der Waals surface area contributed by atoms with Gasteiger partial charge in [-0.15, -0.1) is 11.3 Å². The van der Waals surface area contributed by atoms with E-state index in [0.717, 1.165) is 29.3 Å². The number of nitrogens with zero attached hydrogens (tertiary/aromatic N) is 1. The maximum atomic E-state index is 9.25. The molecule has 1 unspecified atom stereocenters. The van der Waals surface area contributed by atoms with Gasteiger partial charge in [0.15, 0.2) is 0 Å². The Morgan fingerprint density at radius 2 is 2.46 bits per heavy atom.